The van der Waals surface area contributed by atoms with Gasteiger partial charge in [-0.2, -0.15) is 0 Å². The summed E-state index contributed by atoms with van der Waals surface area (Å²) in [5.74, 6) is 0. The van der Waals surface area contributed by atoms with Crippen molar-refractivity contribution >= 4 is 91.4 Å². The van der Waals surface area contributed by atoms with Crippen LogP contribution in [-0.2, 0) is 0 Å². The van der Waals surface area contributed by atoms with E-state index in [2.05, 4.69) is 102 Å². The van der Waals surface area contributed by atoms with E-state index in [4.69, 9.17) is 4.42 Å². The molecule has 2 nitrogen and oxygen atoms in total. The molecule has 0 saturated heterocycles. The predicted molar refractivity (Wildman–Crippen MR) is 150 cm³/mol. The summed E-state index contributed by atoms with van der Waals surface area (Å²) in [5.41, 5.74) is 4.37. The highest BCUT2D eigenvalue weighted by Crippen LogP contribution is 2.44. The van der Waals surface area contributed by atoms with E-state index in [0.717, 1.165) is 11.2 Å². The Kier molecular flexibility index (Phi) is 3.20. The van der Waals surface area contributed by atoms with Crippen LogP contribution in [0.4, 0.5) is 0 Å². The van der Waals surface area contributed by atoms with Crippen molar-refractivity contribution in [3.63, 3.8) is 0 Å². The van der Waals surface area contributed by atoms with Crippen LogP contribution in [0.2, 0.25) is 0 Å². The third kappa shape index (κ3) is 2.20. The van der Waals surface area contributed by atoms with Crippen LogP contribution in [0.15, 0.2) is 108 Å². The SMILES string of the molecule is c1ccc2c(c1)cn1c3cc4sc5ccccc5c4cc3c3c(ccc4c5ccccc5oc43)c21. The van der Waals surface area contributed by atoms with Crippen LogP contribution in [0.25, 0.3) is 80.1 Å². The van der Waals surface area contributed by atoms with E-state index < -0.39 is 0 Å². The van der Waals surface area contributed by atoms with Crippen molar-refractivity contribution in [1.29, 1.82) is 0 Å². The summed E-state index contributed by atoms with van der Waals surface area (Å²) in [6, 6.07) is 35.1. The molecule has 4 aromatic heterocycles. The van der Waals surface area contributed by atoms with Crippen molar-refractivity contribution in [3.8, 4) is 0 Å². The van der Waals surface area contributed by atoms with Gasteiger partial charge in [0, 0.05) is 64.1 Å². The minimum atomic E-state index is 0.935. The number of pyridine rings is 1. The van der Waals surface area contributed by atoms with Crippen molar-refractivity contribution in [1.82, 2.24) is 4.40 Å². The number of hydrogen-bond donors (Lipinski definition) is 0. The minimum absolute atomic E-state index is 0.935. The summed E-state index contributed by atoms with van der Waals surface area (Å²) >= 11 is 1.87. The third-order valence-electron chi connectivity index (χ3n) is 7.55. The van der Waals surface area contributed by atoms with Gasteiger partial charge in [-0.3, -0.25) is 0 Å². The zero-order chi connectivity index (χ0) is 22.7. The number of benzene rings is 5. The summed E-state index contributed by atoms with van der Waals surface area (Å²) in [4.78, 5) is 0. The van der Waals surface area contributed by atoms with Gasteiger partial charge in [-0.15, -0.1) is 11.3 Å². The molecule has 0 atom stereocenters. The molecular weight excluding hydrogens is 446 g/mol. The van der Waals surface area contributed by atoms with Gasteiger partial charge in [-0.1, -0.05) is 66.7 Å². The quantitative estimate of drug-likeness (QED) is 0.205. The molecule has 35 heavy (non-hydrogen) atoms. The van der Waals surface area contributed by atoms with Crippen LogP contribution in [0.3, 0.4) is 0 Å². The van der Waals surface area contributed by atoms with Crippen molar-refractivity contribution in [2.45, 2.75) is 0 Å². The number of hydrogen-bond acceptors (Lipinski definition) is 2. The highest BCUT2D eigenvalue weighted by atomic mass is 32.1. The lowest BCUT2D eigenvalue weighted by Crippen LogP contribution is -1.90. The van der Waals surface area contributed by atoms with E-state index >= 15 is 0 Å². The lowest BCUT2D eigenvalue weighted by atomic mass is 9.99. The first kappa shape index (κ1) is 18.0. The smallest absolute Gasteiger partial charge is 0.144 e. The standard InChI is InChI=1S/C32H17NOS/c1-2-8-19-18(7-1)17-33-26-16-29-24(21-10-4-6-12-28(21)35-29)15-25(26)30-23(31(19)33)14-13-22-20-9-3-5-11-27(20)34-32(22)30/h1-17H. The number of furan rings is 1. The van der Waals surface area contributed by atoms with E-state index in [1.807, 2.05) is 17.4 Å². The summed E-state index contributed by atoms with van der Waals surface area (Å²) < 4.78 is 11.6. The molecule has 0 bridgehead atoms. The molecule has 0 amide bonds. The second kappa shape index (κ2) is 6.21. The van der Waals surface area contributed by atoms with Gasteiger partial charge in [0.25, 0.3) is 0 Å². The third-order valence-corrected chi connectivity index (χ3v) is 8.68. The van der Waals surface area contributed by atoms with Crippen molar-refractivity contribution in [3.05, 3.63) is 103 Å². The monoisotopic (exact) mass is 463 g/mol. The molecule has 5 aromatic carbocycles. The number of nitrogens with zero attached hydrogens (tertiary/aromatic N) is 1. The highest BCUT2D eigenvalue weighted by Gasteiger charge is 2.19. The van der Waals surface area contributed by atoms with Crippen molar-refractivity contribution < 1.29 is 4.42 Å². The maximum Gasteiger partial charge on any atom is 0.144 e. The first-order chi connectivity index (χ1) is 17.3. The molecule has 4 heterocycles. The molecule has 0 aliphatic rings. The molecule has 0 aliphatic carbocycles. The zero-order valence-electron chi connectivity index (χ0n) is 18.6. The maximum absolute atomic E-state index is 6.59. The fourth-order valence-electron chi connectivity index (χ4n) is 6.04. The molecule has 9 rings (SSSR count). The summed E-state index contributed by atoms with van der Waals surface area (Å²) in [6.07, 6.45) is 2.29. The number of fused-ring (bicyclic) bond motifs is 15. The fourth-order valence-corrected chi connectivity index (χ4v) is 7.16. The molecule has 0 radical (unpaired) electrons. The molecule has 0 N–H and O–H groups in total. The zero-order valence-corrected chi connectivity index (χ0v) is 19.4. The van der Waals surface area contributed by atoms with Crippen LogP contribution in [0, 0.1) is 0 Å². The van der Waals surface area contributed by atoms with E-state index in [0.29, 0.717) is 0 Å². The number of thiophene rings is 1. The van der Waals surface area contributed by atoms with Gasteiger partial charge in [0.1, 0.15) is 11.2 Å². The second-order valence-electron chi connectivity index (χ2n) is 9.36. The fraction of sp³-hybridized carbons (Fsp3) is 0. The number of aromatic nitrogens is 1. The topological polar surface area (TPSA) is 17.6 Å². The van der Waals surface area contributed by atoms with Crippen molar-refractivity contribution in [2.75, 3.05) is 0 Å². The van der Waals surface area contributed by atoms with Crippen LogP contribution in [-0.4, -0.2) is 4.40 Å². The molecule has 3 heteroatoms. The number of rotatable bonds is 0. The Balaban J connectivity index is 1.64. The van der Waals surface area contributed by atoms with Gasteiger partial charge < -0.3 is 8.82 Å². The summed E-state index contributed by atoms with van der Waals surface area (Å²) in [6.45, 7) is 0. The van der Waals surface area contributed by atoms with E-state index in [-0.39, 0.29) is 0 Å². The average molecular weight is 464 g/mol. The number of para-hydroxylation sites is 1. The van der Waals surface area contributed by atoms with Crippen LogP contribution < -0.4 is 0 Å². The lowest BCUT2D eigenvalue weighted by molar-refractivity contribution is 0.673. The summed E-state index contributed by atoms with van der Waals surface area (Å²) in [7, 11) is 0. The molecule has 0 aliphatic heterocycles. The van der Waals surface area contributed by atoms with Gasteiger partial charge in [-0.25, -0.2) is 0 Å². The second-order valence-corrected chi connectivity index (χ2v) is 10.4. The summed E-state index contributed by atoms with van der Waals surface area (Å²) in [5, 5.41) is 11.1. The lowest BCUT2D eigenvalue weighted by Gasteiger charge is -2.11. The average Bonchev–Trinajstić information content (AvgIpc) is 3.58. The van der Waals surface area contributed by atoms with E-state index in [1.54, 1.807) is 0 Å². The van der Waals surface area contributed by atoms with Gasteiger partial charge in [0.15, 0.2) is 0 Å². The van der Waals surface area contributed by atoms with E-state index in [1.165, 1.54) is 68.9 Å². The first-order valence-corrected chi connectivity index (χ1v) is 12.7. The minimum Gasteiger partial charge on any atom is -0.455 e. The van der Waals surface area contributed by atoms with Crippen LogP contribution in [0.5, 0.6) is 0 Å². The Morgan fingerprint density at radius 3 is 2.29 bits per heavy atom. The van der Waals surface area contributed by atoms with Gasteiger partial charge in [0.2, 0.25) is 0 Å². The molecule has 162 valence electrons. The normalized spacial score (nSPS) is 12.6. The molecule has 9 aromatic rings. The first-order valence-electron chi connectivity index (χ1n) is 11.9. The maximum atomic E-state index is 6.59. The molecule has 0 saturated carbocycles. The van der Waals surface area contributed by atoms with Gasteiger partial charge in [-0.05, 0) is 30.3 Å². The highest BCUT2D eigenvalue weighted by molar-refractivity contribution is 7.25. The molecular formula is C32H17NOS. The molecule has 0 fully saturated rings. The van der Waals surface area contributed by atoms with Crippen molar-refractivity contribution in [2.24, 2.45) is 0 Å². The van der Waals surface area contributed by atoms with Gasteiger partial charge >= 0.3 is 0 Å². The Morgan fingerprint density at radius 1 is 0.571 bits per heavy atom. The Labute approximate surface area is 203 Å². The Bertz CT molecular complexity index is 2330. The van der Waals surface area contributed by atoms with Crippen LogP contribution in [0.1, 0.15) is 0 Å². The Morgan fingerprint density at radius 2 is 1.34 bits per heavy atom. The van der Waals surface area contributed by atoms with Gasteiger partial charge in [0.05, 0.1) is 11.0 Å². The molecule has 0 spiro atoms. The largest absolute Gasteiger partial charge is 0.455 e. The predicted octanol–water partition coefficient (Wildman–Crippen LogP) is 9.67. The van der Waals surface area contributed by atoms with E-state index in [9.17, 15) is 0 Å². The van der Waals surface area contributed by atoms with Crippen LogP contribution >= 0.6 is 11.3 Å². The Hall–Kier alpha value is -4.34. The molecule has 0 unspecified atom stereocenters.